The van der Waals surface area contributed by atoms with Gasteiger partial charge in [0, 0.05) is 38.2 Å². The maximum atomic E-state index is 12.3. The number of amides is 2. The van der Waals surface area contributed by atoms with Gasteiger partial charge in [0.25, 0.3) is 5.91 Å². The first-order valence-corrected chi connectivity index (χ1v) is 9.79. The standard InChI is InChI=1S/C22H28N4O2/c1-16(2)13-21(27)26-11-9-25(10-12-26)20-8-7-19(15-23-20)24-22(28)18-6-4-5-17(3)14-18/h4-8,14-16H,9-13H2,1-3H3,(H,24,28). The summed E-state index contributed by atoms with van der Waals surface area (Å²) in [5.74, 6) is 1.34. The van der Waals surface area contributed by atoms with E-state index in [0.29, 0.717) is 23.6 Å². The number of nitrogens with zero attached hydrogens (tertiary/aromatic N) is 3. The fourth-order valence-corrected chi connectivity index (χ4v) is 3.30. The molecule has 1 aliphatic heterocycles. The molecular weight excluding hydrogens is 352 g/mol. The molecule has 0 saturated carbocycles. The molecule has 0 unspecified atom stereocenters. The highest BCUT2D eigenvalue weighted by atomic mass is 16.2. The van der Waals surface area contributed by atoms with Crippen LogP contribution < -0.4 is 10.2 Å². The lowest BCUT2D eigenvalue weighted by atomic mass is 10.1. The summed E-state index contributed by atoms with van der Waals surface area (Å²) in [5, 5.41) is 2.88. The molecule has 0 spiro atoms. The molecule has 0 radical (unpaired) electrons. The van der Waals surface area contributed by atoms with Crippen LogP contribution in [-0.2, 0) is 4.79 Å². The number of nitrogens with one attached hydrogen (secondary N) is 1. The van der Waals surface area contributed by atoms with E-state index < -0.39 is 0 Å². The van der Waals surface area contributed by atoms with Gasteiger partial charge in [-0.1, -0.05) is 31.5 Å². The first kappa shape index (κ1) is 19.9. The zero-order valence-electron chi connectivity index (χ0n) is 16.8. The number of carbonyl (C=O) groups excluding carboxylic acids is 2. The zero-order valence-corrected chi connectivity index (χ0v) is 16.8. The molecule has 6 nitrogen and oxygen atoms in total. The van der Waals surface area contributed by atoms with E-state index in [1.807, 2.05) is 42.2 Å². The van der Waals surface area contributed by atoms with Crippen LogP contribution in [0.5, 0.6) is 0 Å². The molecule has 6 heteroatoms. The molecule has 0 atom stereocenters. The molecule has 2 aromatic rings. The Bertz CT molecular complexity index is 825. The molecule has 2 amide bonds. The van der Waals surface area contributed by atoms with Crippen LogP contribution in [0.2, 0.25) is 0 Å². The Hall–Kier alpha value is -2.89. The Kier molecular flexibility index (Phi) is 6.29. The number of aryl methyl sites for hydroxylation is 1. The lowest BCUT2D eigenvalue weighted by Crippen LogP contribution is -2.49. The monoisotopic (exact) mass is 380 g/mol. The van der Waals surface area contributed by atoms with E-state index in [-0.39, 0.29) is 11.8 Å². The van der Waals surface area contributed by atoms with E-state index >= 15 is 0 Å². The van der Waals surface area contributed by atoms with Gasteiger partial charge in [0.15, 0.2) is 0 Å². The van der Waals surface area contributed by atoms with Crippen LogP contribution >= 0.6 is 0 Å². The molecule has 0 aliphatic carbocycles. The summed E-state index contributed by atoms with van der Waals surface area (Å²) in [7, 11) is 0. The van der Waals surface area contributed by atoms with Gasteiger partial charge < -0.3 is 15.1 Å². The van der Waals surface area contributed by atoms with Crippen LogP contribution in [0.25, 0.3) is 0 Å². The summed E-state index contributed by atoms with van der Waals surface area (Å²) < 4.78 is 0. The van der Waals surface area contributed by atoms with E-state index in [2.05, 4.69) is 29.0 Å². The largest absolute Gasteiger partial charge is 0.353 e. The van der Waals surface area contributed by atoms with Gasteiger partial charge in [-0.25, -0.2) is 4.98 Å². The summed E-state index contributed by atoms with van der Waals surface area (Å²) in [6.07, 6.45) is 2.28. The number of rotatable bonds is 5. The molecule has 2 heterocycles. The summed E-state index contributed by atoms with van der Waals surface area (Å²) in [6, 6.07) is 11.3. The first-order valence-electron chi connectivity index (χ1n) is 9.79. The van der Waals surface area contributed by atoms with Crippen molar-refractivity contribution >= 4 is 23.3 Å². The minimum Gasteiger partial charge on any atom is -0.353 e. The summed E-state index contributed by atoms with van der Waals surface area (Å²) >= 11 is 0. The van der Waals surface area contributed by atoms with Crippen LogP contribution in [0, 0.1) is 12.8 Å². The average Bonchev–Trinajstić information content (AvgIpc) is 2.68. The molecule has 1 fully saturated rings. The predicted octanol–water partition coefficient (Wildman–Crippen LogP) is 3.34. The minimum atomic E-state index is -0.143. The Morgan fingerprint density at radius 3 is 2.46 bits per heavy atom. The van der Waals surface area contributed by atoms with E-state index in [4.69, 9.17) is 0 Å². The van der Waals surface area contributed by atoms with E-state index in [1.165, 1.54) is 0 Å². The van der Waals surface area contributed by atoms with Gasteiger partial charge in [0.05, 0.1) is 11.9 Å². The molecule has 1 aliphatic rings. The third-order valence-corrected chi connectivity index (χ3v) is 4.83. The van der Waals surface area contributed by atoms with E-state index in [1.54, 1.807) is 12.3 Å². The lowest BCUT2D eigenvalue weighted by Gasteiger charge is -2.35. The number of anilines is 2. The van der Waals surface area contributed by atoms with Crippen molar-refractivity contribution in [1.82, 2.24) is 9.88 Å². The topological polar surface area (TPSA) is 65.5 Å². The quantitative estimate of drug-likeness (QED) is 0.864. The second-order valence-corrected chi connectivity index (χ2v) is 7.69. The van der Waals surface area contributed by atoms with Gasteiger partial charge in [-0.3, -0.25) is 9.59 Å². The van der Waals surface area contributed by atoms with Crippen molar-refractivity contribution in [1.29, 1.82) is 0 Å². The number of aromatic nitrogens is 1. The minimum absolute atomic E-state index is 0.143. The number of carbonyl (C=O) groups is 2. The van der Waals surface area contributed by atoms with Gasteiger partial charge in [-0.05, 0) is 37.1 Å². The van der Waals surface area contributed by atoms with Crippen molar-refractivity contribution in [2.24, 2.45) is 5.92 Å². The maximum Gasteiger partial charge on any atom is 0.255 e. The van der Waals surface area contributed by atoms with Crippen LogP contribution in [0.4, 0.5) is 11.5 Å². The fourth-order valence-electron chi connectivity index (χ4n) is 3.30. The Balaban J connectivity index is 1.55. The number of piperazine rings is 1. The molecule has 3 rings (SSSR count). The van der Waals surface area contributed by atoms with Crippen molar-refractivity contribution in [2.75, 3.05) is 36.4 Å². The second kappa shape index (κ2) is 8.87. The summed E-state index contributed by atoms with van der Waals surface area (Å²) in [5.41, 5.74) is 2.35. The molecule has 1 saturated heterocycles. The van der Waals surface area contributed by atoms with Crippen molar-refractivity contribution in [3.05, 3.63) is 53.7 Å². The second-order valence-electron chi connectivity index (χ2n) is 7.69. The zero-order chi connectivity index (χ0) is 20.1. The van der Waals surface area contributed by atoms with Crippen LogP contribution in [0.15, 0.2) is 42.6 Å². The fraction of sp³-hybridized carbons (Fsp3) is 0.409. The number of benzene rings is 1. The molecule has 28 heavy (non-hydrogen) atoms. The Morgan fingerprint density at radius 1 is 1.11 bits per heavy atom. The molecule has 0 bridgehead atoms. The Labute approximate surface area is 166 Å². The maximum absolute atomic E-state index is 12.3. The number of pyridine rings is 1. The molecule has 1 aromatic carbocycles. The van der Waals surface area contributed by atoms with Gasteiger partial charge in [0.1, 0.15) is 5.82 Å². The third-order valence-electron chi connectivity index (χ3n) is 4.83. The van der Waals surface area contributed by atoms with Gasteiger partial charge >= 0.3 is 0 Å². The van der Waals surface area contributed by atoms with Crippen molar-refractivity contribution < 1.29 is 9.59 Å². The predicted molar refractivity (Wildman–Crippen MR) is 112 cm³/mol. The van der Waals surface area contributed by atoms with Crippen LogP contribution in [0.1, 0.15) is 36.2 Å². The molecule has 1 aromatic heterocycles. The third kappa shape index (κ3) is 5.09. The number of hydrogen-bond donors (Lipinski definition) is 1. The summed E-state index contributed by atoms with van der Waals surface area (Å²) in [6.45, 7) is 9.08. The molecule has 1 N–H and O–H groups in total. The highest BCUT2D eigenvalue weighted by Gasteiger charge is 2.22. The van der Waals surface area contributed by atoms with Crippen LogP contribution in [-0.4, -0.2) is 47.9 Å². The van der Waals surface area contributed by atoms with Crippen LogP contribution in [0.3, 0.4) is 0 Å². The van der Waals surface area contributed by atoms with Crippen molar-refractivity contribution in [2.45, 2.75) is 27.2 Å². The Morgan fingerprint density at radius 2 is 1.86 bits per heavy atom. The normalized spacial score (nSPS) is 14.3. The lowest BCUT2D eigenvalue weighted by molar-refractivity contribution is -0.132. The highest BCUT2D eigenvalue weighted by molar-refractivity contribution is 6.04. The summed E-state index contributed by atoms with van der Waals surface area (Å²) in [4.78, 5) is 33.1. The van der Waals surface area contributed by atoms with Gasteiger partial charge in [0.2, 0.25) is 5.91 Å². The van der Waals surface area contributed by atoms with Gasteiger partial charge in [-0.15, -0.1) is 0 Å². The van der Waals surface area contributed by atoms with Crippen molar-refractivity contribution in [3.8, 4) is 0 Å². The van der Waals surface area contributed by atoms with E-state index in [0.717, 1.165) is 37.6 Å². The SMILES string of the molecule is Cc1cccc(C(=O)Nc2ccc(N3CCN(C(=O)CC(C)C)CC3)nc2)c1. The molecule has 148 valence electrons. The highest BCUT2D eigenvalue weighted by Crippen LogP contribution is 2.18. The first-order chi connectivity index (χ1) is 13.4. The smallest absolute Gasteiger partial charge is 0.255 e. The molecular formula is C22H28N4O2. The van der Waals surface area contributed by atoms with E-state index in [9.17, 15) is 9.59 Å². The van der Waals surface area contributed by atoms with Crippen molar-refractivity contribution in [3.63, 3.8) is 0 Å². The number of hydrogen-bond acceptors (Lipinski definition) is 4. The average molecular weight is 380 g/mol. The van der Waals surface area contributed by atoms with Gasteiger partial charge in [-0.2, -0.15) is 0 Å².